The second kappa shape index (κ2) is 8.16. The van der Waals surface area contributed by atoms with Crippen molar-refractivity contribution in [3.63, 3.8) is 0 Å². The number of carbonyl (C=O) groups excluding carboxylic acids is 1. The number of rotatable bonds is 5. The van der Waals surface area contributed by atoms with Gasteiger partial charge in [0.1, 0.15) is 5.82 Å². The summed E-state index contributed by atoms with van der Waals surface area (Å²) in [4.78, 5) is 14.4. The van der Waals surface area contributed by atoms with E-state index in [1.165, 1.54) is 6.07 Å². The van der Waals surface area contributed by atoms with Gasteiger partial charge < -0.3 is 14.6 Å². The molecule has 0 saturated carbocycles. The van der Waals surface area contributed by atoms with Gasteiger partial charge in [-0.05, 0) is 26.0 Å². The van der Waals surface area contributed by atoms with Crippen LogP contribution in [-0.2, 0) is 4.74 Å². The Balaban J connectivity index is 1.82. The number of amides is 1. The molecule has 0 spiro atoms. The second-order valence-corrected chi connectivity index (χ2v) is 6.78. The van der Waals surface area contributed by atoms with Crippen LogP contribution in [0.15, 0.2) is 28.8 Å². The summed E-state index contributed by atoms with van der Waals surface area (Å²) in [6.45, 7) is 5.66. The molecule has 2 aromatic rings. The molecule has 1 N–H and O–H groups in total. The lowest BCUT2D eigenvalue weighted by atomic mass is 10.0. The molecule has 2 heterocycles. The first kappa shape index (κ1) is 18.8. The minimum atomic E-state index is -0.414. The van der Waals surface area contributed by atoms with Crippen LogP contribution < -0.4 is 5.32 Å². The number of nitrogens with zero attached hydrogens (tertiary/aromatic N) is 2. The molecule has 2 atom stereocenters. The molecule has 0 radical (unpaired) electrons. The van der Waals surface area contributed by atoms with Crippen LogP contribution in [0, 0.1) is 12.7 Å². The fourth-order valence-corrected chi connectivity index (χ4v) is 3.41. The van der Waals surface area contributed by atoms with Crippen molar-refractivity contribution in [2.75, 3.05) is 26.2 Å². The zero-order chi connectivity index (χ0) is 18.7. The van der Waals surface area contributed by atoms with E-state index in [1.54, 1.807) is 25.1 Å². The lowest BCUT2D eigenvalue weighted by Gasteiger charge is -2.38. The average molecular weight is 382 g/mol. The lowest BCUT2D eigenvalue weighted by Crippen LogP contribution is -2.46. The van der Waals surface area contributed by atoms with E-state index in [9.17, 15) is 9.18 Å². The van der Waals surface area contributed by atoms with Crippen LogP contribution in [0.5, 0.6) is 0 Å². The van der Waals surface area contributed by atoms with Crippen molar-refractivity contribution in [3.8, 4) is 0 Å². The van der Waals surface area contributed by atoms with E-state index in [2.05, 4.69) is 15.4 Å². The maximum atomic E-state index is 14.5. The number of aromatic nitrogens is 1. The van der Waals surface area contributed by atoms with Gasteiger partial charge in [-0.1, -0.05) is 22.8 Å². The summed E-state index contributed by atoms with van der Waals surface area (Å²) in [5, 5.41) is 6.84. The molecular weight excluding hydrogens is 361 g/mol. The van der Waals surface area contributed by atoms with Gasteiger partial charge in [-0.2, -0.15) is 0 Å². The van der Waals surface area contributed by atoms with Crippen LogP contribution in [0.3, 0.4) is 0 Å². The Morgan fingerprint density at radius 2 is 2.35 bits per heavy atom. The van der Waals surface area contributed by atoms with Crippen LogP contribution in [-0.4, -0.2) is 48.3 Å². The molecular formula is C18H21ClFN3O3. The summed E-state index contributed by atoms with van der Waals surface area (Å²) in [7, 11) is 0. The average Bonchev–Trinajstić information content (AvgIpc) is 3.03. The first-order valence-corrected chi connectivity index (χ1v) is 8.84. The van der Waals surface area contributed by atoms with E-state index >= 15 is 0 Å². The van der Waals surface area contributed by atoms with Crippen molar-refractivity contribution < 1.29 is 18.4 Å². The van der Waals surface area contributed by atoms with E-state index < -0.39 is 17.8 Å². The predicted octanol–water partition coefficient (Wildman–Crippen LogP) is 2.97. The summed E-state index contributed by atoms with van der Waals surface area (Å²) in [5.74, 6) is -0.674. The summed E-state index contributed by atoms with van der Waals surface area (Å²) >= 11 is 6.28. The number of aryl methyl sites for hydroxylation is 1. The highest BCUT2D eigenvalue weighted by atomic mass is 35.5. The minimum absolute atomic E-state index is 0.0180. The van der Waals surface area contributed by atoms with Crippen LogP contribution >= 0.6 is 11.6 Å². The van der Waals surface area contributed by atoms with Gasteiger partial charge in [-0.3, -0.25) is 9.69 Å². The first-order valence-electron chi connectivity index (χ1n) is 8.46. The van der Waals surface area contributed by atoms with Gasteiger partial charge >= 0.3 is 0 Å². The minimum Gasteiger partial charge on any atom is -0.376 e. The summed E-state index contributed by atoms with van der Waals surface area (Å²) in [6.07, 6.45) is 0.0180. The Morgan fingerprint density at radius 1 is 1.54 bits per heavy atom. The third-order valence-corrected chi connectivity index (χ3v) is 4.68. The Labute approximate surface area is 156 Å². The fraction of sp³-hybridized carbons (Fsp3) is 0.444. The van der Waals surface area contributed by atoms with Gasteiger partial charge in [0.15, 0.2) is 0 Å². The zero-order valence-corrected chi connectivity index (χ0v) is 15.4. The summed E-state index contributed by atoms with van der Waals surface area (Å²) < 4.78 is 25.1. The maximum absolute atomic E-state index is 14.5. The molecule has 1 aliphatic heterocycles. The van der Waals surface area contributed by atoms with E-state index in [1.807, 2.05) is 6.92 Å². The molecule has 0 aliphatic carbocycles. The largest absolute Gasteiger partial charge is 0.376 e. The highest BCUT2D eigenvalue weighted by Gasteiger charge is 2.30. The standard InChI is InChI=1S/C18H21ClFN3O3/c1-11-8-16(26-22-11)18(24)21-9-15(23-6-7-25-12(2)10-23)17-13(19)4-3-5-14(17)20/h3-5,8,12,15H,6-7,9-10H2,1-2H3,(H,21,24). The van der Waals surface area contributed by atoms with E-state index in [-0.39, 0.29) is 18.4 Å². The smallest absolute Gasteiger partial charge is 0.289 e. The molecule has 1 aliphatic rings. The first-order chi connectivity index (χ1) is 12.5. The molecule has 1 fully saturated rings. The molecule has 6 nitrogen and oxygen atoms in total. The molecule has 3 rings (SSSR count). The van der Waals surface area contributed by atoms with Crippen LogP contribution in [0.4, 0.5) is 4.39 Å². The number of ether oxygens (including phenoxy) is 1. The summed E-state index contributed by atoms with van der Waals surface area (Å²) in [6, 6.07) is 5.73. The molecule has 8 heteroatoms. The monoisotopic (exact) mass is 381 g/mol. The Hall–Kier alpha value is -1.96. The number of halogens is 2. The molecule has 140 valence electrons. The number of benzene rings is 1. The molecule has 1 saturated heterocycles. The Bertz CT molecular complexity index is 763. The maximum Gasteiger partial charge on any atom is 0.289 e. The number of carbonyl (C=O) groups is 1. The molecule has 1 aromatic carbocycles. The van der Waals surface area contributed by atoms with Gasteiger partial charge in [0.25, 0.3) is 5.91 Å². The van der Waals surface area contributed by atoms with E-state index in [4.69, 9.17) is 20.9 Å². The quantitative estimate of drug-likeness (QED) is 0.862. The normalized spacial score (nSPS) is 19.3. The molecule has 1 aromatic heterocycles. The molecule has 2 unspecified atom stereocenters. The molecule has 1 amide bonds. The third-order valence-electron chi connectivity index (χ3n) is 4.35. The molecule has 0 bridgehead atoms. The van der Waals surface area contributed by atoms with E-state index in [0.717, 1.165) is 0 Å². The highest BCUT2D eigenvalue weighted by molar-refractivity contribution is 6.31. The van der Waals surface area contributed by atoms with Crippen molar-refractivity contribution in [1.29, 1.82) is 0 Å². The van der Waals surface area contributed by atoms with Crippen molar-refractivity contribution in [2.45, 2.75) is 26.0 Å². The van der Waals surface area contributed by atoms with E-state index in [0.29, 0.717) is 36.0 Å². The van der Waals surface area contributed by atoms with Gasteiger partial charge in [0.2, 0.25) is 5.76 Å². The number of hydrogen-bond donors (Lipinski definition) is 1. The van der Waals surface area contributed by atoms with Crippen molar-refractivity contribution in [1.82, 2.24) is 15.4 Å². The predicted molar refractivity (Wildman–Crippen MR) is 94.7 cm³/mol. The fourth-order valence-electron chi connectivity index (χ4n) is 3.12. The SMILES string of the molecule is Cc1cc(C(=O)NCC(c2c(F)cccc2Cl)N2CCOC(C)C2)on1. The van der Waals surface area contributed by atoms with Crippen molar-refractivity contribution in [3.05, 3.63) is 52.1 Å². The summed E-state index contributed by atoms with van der Waals surface area (Å²) in [5.41, 5.74) is 0.989. The zero-order valence-electron chi connectivity index (χ0n) is 14.7. The van der Waals surface area contributed by atoms with Gasteiger partial charge in [0, 0.05) is 36.3 Å². The van der Waals surface area contributed by atoms with Gasteiger partial charge in [-0.15, -0.1) is 0 Å². The third kappa shape index (κ3) is 4.23. The topological polar surface area (TPSA) is 67.6 Å². The molecule has 26 heavy (non-hydrogen) atoms. The van der Waals surface area contributed by atoms with Crippen LogP contribution in [0.25, 0.3) is 0 Å². The van der Waals surface area contributed by atoms with Gasteiger partial charge in [-0.25, -0.2) is 4.39 Å². The second-order valence-electron chi connectivity index (χ2n) is 6.37. The Kier molecular flexibility index (Phi) is 5.90. The number of morpholine rings is 1. The highest BCUT2D eigenvalue weighted by Crippen LogP contribution is 2.31. The Morgan fingerprint density at radius 3 is 3.00 bits per heavy atom. The number of nitrogens with one attached hydrogen (secondary N) is 1. The van der Waals surface area contributed by atoms with Crippen LogP contribution in [0.1, 0.15) is 34.8 Å². The van der Waals surface area contributed by atoms with Crippen LogP contribution in [0.2, 0.25) is 5.02 Å². The number of hydrogen-bond acceptors (Lipinski definition) is 5. The lowest BCUT2D eigenvalue weighted by molar-refractivity contribution is -0.0346. The van der Waals surface area contributed by atoms with Crippen molar-refractivity contribution >= 4 is 17.5 Å². The van der Waals surface area contributed by atoms with Gasteiger partial charge in [0.05, 0.1) is 24.4 Å². The van der Waals surface area contributed by atoms with Crippen molar-refractivity contribution in [2.24, 2.45) is 0 Å².